The first kappa shape index (κ1) is 13.6. The molecule has 0 aliphatic carbocycles. The number of nitrogens with one attached hydrogen (secondary N) is 1. The van der Waals surface area contributed by atoms with Crippen LogP contribution in [0.5, 0.6) is 0 Å². The number of fused-ring (bicyclic) bond motifs is 3. The minimum Gasteiger partial charge on any atom is -0.438 e. The number of aryl methyl sites for hydroxylation is 4. The monoisotopic (exact) mass is 319 g/mol. The van der Waals surface area contributed by atoms with Crippen molar-refractivity contribution in [2.45, 2.75) is 12.8 Å². The van der Waals surface area contributed by atoms with E-state index >= 15 is 0 Å². The van der Waals surface area contributed by atoms with Crippen LogP contribution in [-0.2, 0) is 27.6 Å². The van der Waals surface area contributed by atoms with Gasteiger partial charge in [-0.3, -0.25) is 0 Å². The minimum absolute atomic E-state index is 0.828. The highest BCUT2D eigenvalue weighted by Crippen LogP contribution is 2.31. The molecular formula is C15H21N5OS. The van der Waals surface area contributed by atoms with E-state index in [0.717, 1.165) is 47.0 Å². The fourth-order valence-electron chi connectivity index (χ4n) is 3.48. The van der Waals surface area contributed by atoms with Crippen molar-refractivity contribution in [2.75, 3.05) is 18.5 Å². The Morgan fingerprint density at radius 1 is 1.14 bits per heavy atom. The Balaban J connectivity index is 2.19. The smallest absolute Gasteiger partial charge is 0.240 e. The number of aromatic amines is 1. The van der Waals surface area contributed by atoms with Crippen LogP contribution in [0.4, 0.5) is 5.82 Å². The lowest BCUT2D eigenvalue weighted by atomic mass is 10.1. The number of hydrogen-bond acceptors (Lipinski definition) is 3. The summed E-state index contributed by atoms with van der Waals surface area (Å²) >= 11 is 1.69. The Hall–Kier alpha value is -2.02. The molecule has 1 aliphatic heterocycles. The summed E-state index contributed by atoms with van der Waals surface area (Å²) in [5.74, 6) is 2.23. The molecule has 0 spiro atoms. The van der Waals surface area contributed by atoms with Gasteiger partial charge in [0, 0.05) is 52.7 Å². The van der Waals surface area contributed by atoms with Crippen molar-refractivity contribution in [1.29, 1.82) is 0 Å². The molecule has 0 saturated carbocycles. The minimum atomic E-state index is 0.828. The Bertz CT molecular complexity index is 927. The average Bonchev–Trinajstić information content (AvgIpc) is 2.46. The normalized spacial score (nSPS) is 14.6. The molecular weight excluding hydrogens is 298 g/mol. The van der Waals surface area contributed by atoms with Crippen LogP contribution in [0.15, 0.2) is 16.0 Å². The molecule has 6 nitrogen and oxygen atoms in total. The van der Waals surface area contributed by atoms with E-state index in [1.54, 1.807) is 11.3 Å². The van der Waals surface area contributed by atoms with Gasteiger partial charge in [0.25, 0.3) is 0 Å². The van der Waals surface area contributed by atoms with Crippen molar-refractivity contribution >= 4 is 39.0 Å². The molecule has 0 bridgehead atoms. The van der Waals surface area contributed by atoms with Gasteiger partial charge in [0.2, 0.25) is 5.71 Å². The number of nitrogens with zero attached hydrogens (tertiary/aromatic N) is 4. The second-order valence-corrected chi connectivity index (χ2v) is 6.85. The van der Waals surface area contributed by atoms with E-state index in [2.05, 4.69) is 63.4 Å². The van der Waals surface area contributed by atoms with Gasteiger partial charge in [0.15, 0.2) is 5.65 Å². The largest absolute Gasteiger partial charge is 0.438 e. The molecule has 0 aromatic carbocycles. The summed E-state index contributed by atoms with van der Waals surface area (Å²) < 4.78 is 12.8. The Labute approximate surface area is 132 Å². The lowest BCUT2D eigenvalue weighted by Crippen LogP contribution is -2.29. The van der Waals surface area contributed by atoms with Crippen molar-refractivity contribution in [2.24, 2.45) is 21.1 Å². The van der Waals surface area contributed by atoms with Crippen LogP contribution in [0, 0.1) is 0 Å². The van der Waals surface area contributed by atoms with Crippen LogP contribution in [-0.4, -0.2) is 32.3 Å². The third kappa shape index (κ3) is 1.78. The van der Waals surface area contributed by atoms with E-state index in [1.165, 1.54) is 5.82 Å². The van der Waals surface area contributed by atoms with Crippen molar-refractivity contribution in [1.82, 2.24) is 18.7 Å². The summed E-state index contributed by atoms with van der Waals surface area (Å²) in [6, 6.07) is 0. The highest BCUT2D eigenvalue weighted by Gasteiger charge is 2.22. The molecule has 7 heteroatoms. The van der Waals surface area contributed by atoms with E-state index in [1.807, 2.05) is 0 Å². The van der Waals surface area contributed by atoms with Crippen molar-refractivity contribution < 1.29 is 4.42 Å². The number of hydrogen-bond donors (Lipinski definition) is 1. The number of H-pyrrole nitrogens is 1. The first-order chi connectivity index (χ1) is 10.6. The lowest BCUT2D eigenvalue weighted by Gasteiger charge is -2.30. The summed E-state index contributed by atoms with van der Waals surface area (Å²) in [5, 5.41) is 2.08. The lowest BCUT2D eigenvalue weighted by molar-refractivity contribution is 0.483. The average molecular weight is 319 g/mol. The van der Waals surface area contributed by atoms with E-state index in [0.29, 0.717) is 0 Å². The summed E-state index contributed by atoms with van der Waals surface area (Å²) in [5.41, 5.74) is 3.02. The van der Waals surface area contributed by atoms with Crippen LogP contribution in [0.3, 0.4) is 0 Å². The molecule has 3 aromatic heterocycles. The molecule has 0 fully saturated rings. The third-order valence-corrected chi connectivity index (χ3v) is 5.22. The zero-order chi connectivity index (χ0) is 15.4. The number of aromatic nitrogens is 4. The molecule has 0 unspecified atom stereocenters. The first-order valence-corrected chi connectivity index (χ1v) is 8.37. The quantitative estimate of drug-likeness (QED) is 0.647. The molecule has 1 aliphatic rings. The van der Waals surface area contributed by atoms with Gasteiger partial charge in [0.05, 0.1) is 0 Å². The third-order valence-electron chi connectivity index (χ3n) is 4.44. The Morgan fingerprint density at radius 2 is 1.95 bits per heavy atom. The predicted molar refractivity (Wildman–Crippen MR) is 90.9 cm³/mol. The van der Waals surface area contributed by atoms with Crippen molar-refractivity contribution in [3.8, 4) is 0 Å². The zero-order valence-electron chi connectivity index (χ0n) is 13.4. The molecule has 22 heavy (non-hydrogen) atoms. The molecule has 0 amide bonds. The summed E-state index contributed by atoms with van der Waals surface area (Å²) in [6.45, 7) is 1.07. The topological polar surface area (TPSA) is 47.0 Å². The Morgan fingerprint density at radius 3 is 2.77 bits per heavy atom. The van der Waals surface area contributed by atoms with Crippen molar-refractivity contribution in [3.63, 3.8) is 0 Å². The number of rotatable bonds is 0. The molecule has 0 saturated heterocycles. The van der Waals surface area contributed by atoms with E-state index in [4.69, 9.17) is 4.42 Å². The summed E-state index contributed by atoms with van der Waals surface area (Å²) in [6.07, 6.45) is 4.20. The van der Waals surface area contributed by atoms with E-state index < -0.39 is 0 Å². The highest BCUT2D eigenvalue weighted by molar-refractivity contribution is 7.16. The number of anilines is 1. The van der Waals surface area contributed by atoms with Crippen LogP contribution >= 0.6 is 11.3 Å². The van der Waals surface area contributed by atoms with Crippen LogP contribution in [0.1, 0.15) is 12.2 Å². The van der Waals surface area contributed by atoms with E-state index in [-0.39, 0.29) is 0 Å². The van der Waals surface area contributed by atoms with E-state index in [9.17, 15) is 0 Å². The second kappa shape index (κ2) is 4.74. The molecule has 118 valence electrons. The Kier molecular flexibility index (Phi) is 2.94. The van der Waals surface area contributed by atoms with Gasteiger partial charge in [-0.05, 0) is 6.42 Å². The molecule has 4 rings (SSSR count). The van der Waals surface area contributed by atoms with Gasteiger partial charge >= 0.3 is 0 Å². The van der Waals surface area contributed by atoms with Gasteiger partial charge in [-0.1, -0.05) is 0 Å². The maximum absolute atomic E-state index is 6.22. The summed E-state index contributed by atoms with van der Waals surface area (Å²) in [7, 11) is 8.41. The molecule has 3 aromatic rings. The van der Waals surface area contributed by atoms with Gasteiger partial charge in [-0.25, -0.2) is 0 Å². The van der Waals surface area contributed by atoms with Crippen LogP contribution < -0.4 is 4.90 Å². The van der Waals surface area contributed by atoms with Gasteiger partial charge in [-0.2, -0.15) is 0 Å². The maximum Gasteiger partial charge on any atom is 0.240 e. The van der Waals surface area contributed by atoms with Crippen molar-refractivity contribution in [3.05, 3.63) is 17.3 Å². The fourth-order valence-corrected chi connectivity index (χ4v) is 4.40. The molecule has 0 radical (unpaired) electrons. The van der Waals surface area contributed by atoms with Gasteiger partial charge < -0.3 is 28.0 Å². The first-order valence-electron chi connectivity index (χ1n) is 7.49. The maximum atomic E-state index is 6.22. The van der Waals surface area contributed by atoms with Crippen LogP contribution in [0.2, 0.25) is 0 Å². The zero-order valence-corrected chi connectivity index (χ0v) is 14.2. The van der Waals surface area contributed by atoms with Gasteiger partial charge in [0.1, 0.15) is 22.1 Å². The van der Waals surface area contributed by atoms with Crippen LogP contribution in [0.25, 0.3) is 21.8 Å². The fraction of sp³-hybridized carbons (Fsp3) is 0.467. The van der Waals surface area contributed by atoms with Gasteiger partial charge in [-0.15, -0.1) is 11.3 Å². The molecule has 1 N–H and O–H groups in total. The summed E-state index contributed by atoms with van der Waals surface area (Å²) in [4.78, 5) is 6.85. The standard InChI is InChI=1S/C15H21N5OS/c1-17-7-5-6-10-13(17)19(3)14-11(21-10)16-12-15(20(14)4)18(2)8-9-22-12/h8-9,16H,5-7H2,1-4H3. The molecule has 0 atom stereocenters. The second-order valence-electron chi connectivity index (χ2n) is 5.94. The highest BCUT2D eigenvalue weighted by atomic mass is 32.1. The molecule has 4 heterocycles. The SMILES string of the molecule is CN1CCCc2oc3[nH]c4sccn(C)c4n(C)c3n(C)c21. The predicted octanol–water partition coefficient (Wildman–Crippen LogP) is 3.06.